The predicted molar refractivity (Wildman–Crippen MR) is 115 cm³/mol. The van der Waals surface area contributed by atoms with E-state index < -0.39 is 11.7 Å². The normalized spacial score (nSPS) is 15.5. The van der Waals surface area contributed by atoms with E-state index in [-0.39, 0.29) is 29.1 Å². The number of aromatic nitrogens is 3. The number of carbonyl (C=O) groups is 1. The molecule has 0 spiro atoms. The minimum atomic E-state index is -0.544. The third-order valence-electron chi connectivity index (χ3n) is 5.43. The summed E-state index contributed by atoms with van der Waals surface area (Å²) in [5.41, 5.74) is 1.89. The molecule has 1 amide bonds. The maximum Gasteiger partial charge on any atom is 0.273 e. The minimum absolute atomic E-state index is 0.0492. The zero-order valence-electron chi connectivity index (χ0n) is 17.4. The fourth-order valence-electron chi connectivity index (χ4n) is 3.73. The predicted octanol–water partition coefficient (Wildman–Crippen LogP) is 3.31. The molecule has 1 fully saturated rings. The molecule has 2 aromatic carbocycles. The van der Waals surface area contributed by atoms with Crippen LogP contribution in [0.5, 0.6) is 0 Å². The van der Waals surface area contributed by atoms with Crippen LogP contribution in [0.2, 0.25) is 5.02 Å². The molecule has 3 aromatic rings. The van der Waals surface area contributed by atoms with Gasteiger partial charge in [0, 0.05) is 19.6 Å². The molecule has 4 rings (SSSR count). The first-order chi connectivity index (χ1) is 15.4. The lowest BCUT2D eigenvalue weighted by Crippen LogP contribution is -2.44. The van der Waals surface area contributed by atoms with Gasteiger partial charge in [-0.1, -0.05) is 28.9 Å². The van der Waals surface area contributed by atoms with Crippen LogP contribution in [-0.2, 0) is 4.74 Å². The second kappa shape index (κ2) is 9.72. The fraction of sp³-hybridized carbons (Fsp3) is 0.318. The molecule has 1 N–H and O–H groups in total. The molecule has 1 aromatic heterocycles. The second-order valence-electron chi connectivity index (χ2n) is 7.46. The minimum Gasteiger partial charge on any atom is -0.379 e. The third kappa shape index (κ3) is 4.79. The fourth-order valence-corrected chi connectivity index (χ4v) is 3.91. The first kappa shape index (κ1) is 22.3. The Balaban J connectivity index is 1.52. The van der Waals surface area contributed by atoms with Crippen molar-refractivity contribution in [1.82, 2.24) is 25.2 Å². The Morgan fingerprint density at radius 2 is 2.00 bits per heavy atom. The van der Waals surface area contributed by atoms with Gasteiger partial charge in [-0.2, -0.15) is 0 Å². The molecule has 7 nitrogen and oxygen atoms in total. The smallest absolute Gasteiger partial charge is 0.273 e. The molecule has 0 bridgehead atoms. The van der Waals surface area contributed by atoms with Crippen LogP contribution in [0.3, 0.4) is 0 Å². The molecule has 10 heteroatoms. The highest BCUT2D eigenvalue weighted by Crippen LogP contribution is 2.23. The lowest BCUT2D eigenvalue weighted by Gasteiger charge is -2.34. The first-order valence-electron chi connectivity index (χ1n) is 10.2. The van der Waals surface area contributed by atoms with E-state index in [2.05, 4.69) is 20.5 Å². The van der Waals surface area contributed by atoms with Gasteiger partial charge in [0.25, 0.3) is 5.91 Å². The maximum absolute atomic E-state index is 13.8. The Morgan fingerprint density at radius 3 is 2.72 bits per heavy atom. The molecule has 0 saturated carbocycles. The van der Waals surface area contributed by atoms with Crippen molar-refractivity contribution in [3.63, 3.8) is 0 Å². The van der Waals surface area contributed by atoms with Crippen molar-refractivity contribution in [1.29, 1.82) is 0 Å². The highest BCUT2D eigenvalue weighted by Gasteiger charge is 2.25. The Morgan fingerprint density at radius 1 is 1.22 bits per heavy atom. The summed E-state index contributed by atoms with van der Waals surface area (Å²) in [6, 6.07) is 10.3. The summed E-state index contributed by atoms with van der Waals surface area (Å²) < 4.78 is 34.2. The van der Waals surface area contributed by atoms with E-state index in [0.29, 0.717) is 37.7 Å². The van der Waals surface area contributed by atoms with Crippen LogP contribution in [0, 0.1) is 18.6 Å². The number of nitrogens with one attached hydrogen (secondary N) is 1. The number of halogens is 3. The maximum atomic E-state index is 13.8. The van der Waals surface area contributed by atoms with Crippen LogP contribution in [0.25, 0.3) is 5.69 Å². The lowest BCUT2D eigenvalue weighted by atomic mass is 10.0. The number of nitrogens with zero attached hydrogens (tertiary/aromatic N) is 4. The van der Waals surface area contributed by atoms with Gasteiger partial charge >= 0.3 is 0 Å². The summed E-state index contributed by atoms with van der Waals surface area (Å²) in [7, 11) is 0. The van der Waals surface area contributed by atoms with Crippen LogP contribution in [0.15, 0.2) is 42.5 Å². The number of hydrogen-bond donors (Lipinski definition) is 1. The Kier molecular flexibility index (Phi) is 6.78. The molecule has 0 radical (unpaired) electrons. The number of benzene rings is 2. The summed E-state index contributed by atoms with van der Waals surface area (Å²) >= 11 is 5.86. The molecule has 1 saturated heterocycles. The Bertz CT molecular complexity index is 1120. The van der Waals surface area contributed by atoms with Gasteiger partial charge in [-0.3, -0.25) is 9.69 Å². The molecule has 1 atom stereocenters. The molecule has 32 heavy (non-hydrogen) atoms. The van der Waals surface area contributed by atoms with E-state index in [1.807, 2.05) is 6.07 Å². The van der Waals surface area contributed by atoms with E-state index in [9.17, 15) is 13.6 Å². The van der Waals surface area contributed by atoms with Gasteiger partial charge in [0.05, 0.1) is 35.7 Å². The van der Waals surface area contributed by atoms with Crippen LogP contribution in [0.4, 0.5) is 8.78 Å². The van der Waals surface area contributed by atoms with Crippen molar-refractivity contribution >= 4 is 17.5 Å². The van der Waals surface area contributed by atoms with Crippen molar-refractivity contribution in [2.24, 2.45) is 0 Å². The second-order valence-corrected chi connectivity index (χ2v) is 7.87. The van der Waals surface area contributed by atoms with E-state index in [1.54, 1.807) is 13.0 Å². The zero-order valence-corrected chi connectivity index (χ0v) is 18.1. The summed E-state index contributed by atoms with van der Waals surface area (Å²) in [5.74, 6) is -1.28. The van der Waals surface area contributed by atoms with Crippen molar-refractivity contribution in [2.75, 3.05) is 32.8 Å². The van der Waals surface area contributed by atoms with Gasteiger partial charge in [-0.05, 0) is 42.8 Å². The van der Waals surface area contributed by atoms with E-state index in [0.717, 1.165) is 5.56 Å². The van der Waals surface area contributed by atoms with Gasteiger partial charge < -0.3 is 10.1 Å². The monoisotopic (exact) mass is 461 g/mol. The van der Waals surface area contributed by atoms with Gasteiger partial charge in [0.15, 0.2) is 5.69 Å². The molecule has 1 aliphatic rings. The number of amides is 1. The summed E-state index contributed by atoms with van der Waals surface area (Å²) in [4.78, 5) is 15.0. The van der Waals surface area contributed by atoms with Gasteiger partial charge in [-0.25, -0.2) is 13.5 Å². The molecule has 2 heterocycles. The first-order valence-corrected chi connectivity index (χ1v) is 10.5. The molecule has 168 valence electrons. The van der Waals surface area contributed by atoms with Crippen molar-refractivity contribution in [2.45, 2.75) is 13.0 Å². The third-order valence-corrected chi connectivity index (χ3v) is 5.72. The van der Waals surface area contributed by atoms with Gasteiger partial charge in [-0.15, -0.1) is 5.10 Å². The number of carbonyl (C=O) groups excluding carboxylic acids is 1. The Labute approximate surface area is 188 Å². The average Bonchev–Trinajstić information content (AvgIpc) is 3.18. The average molecular weight is 462 g/mol. The highest BCUT2D eigenvalue weighted by atomic mass is 35.5. The lowest BCUT2D eigenvalue weighted by molar-refractivity contribution is 0.0161. The highest BCUT2D eigenvalue weighted by molar-refractivity contribution is 6.30. The zero-order chi connectivity index (χ0) is 22.7. The summed E-state index contributed by atoms with van der Waals surface area (Å²) in [6.45, 7) is 4.46. The molecular formula is C22H22ClF2N5O2. The molecule has 1 aliphatic heterocycles. The van der Waals surface area contributed by atoms with E-state index in [4.69, 9.17) is 16.3 Å². The van der Waals surface area contributed by atoms with Crippen LogP contribution in [0.1, 0.15) is 27.8 Å². The number of morpholine rings is 1. The standard InChI is InChI=1S/C22H22ClF2N5O2/c1-14-21(27-28-30(14)17-5-6-19(25)18(23)12-17)22(31)26-13-20(29-7-9-32-10-8-29)15-3-2-4-16(24)11-15/h2-6,11-12,20H,7-10,13H2,1H3,(H,26,31). The SMILES string of the molecule is Cc1c(C(=O)NCC(c2cccc(F)c2)N2CCOCC2)nnn1-c1ccc(F)c(Cl)c1. The molecule has 0 aliphatic carbocycles. The van der Waals surface area contributed by atoms with Crippen LogP contribution < -0.4 is 5.32 Å². The molecule has 1 unspecified atom stereocenters. The quantitative estimate of drug-likeness (QED) is 0.609. The summed E-state index contributed by atoms with van der Waals surface area (Å²) in [5, 5.41) is 10.9. The number of rotatable bonds is 6. The molecular weight excluding hydrogens is 440 g/mol. The van der Waals surface area contributed by atoms with Gasteiger partial charge in [0.2, 0.25) is 0 Å². The number of hydrogen-bond acceptors (Lipinski definition) is 5. The Hall–Kier alpha value is -2.88. The van der Waals surface area contributed by atoms with Crippen molar-refractivity contribution in [3.05, 3.63) is 76.1 Å². The van der Waals surface area contributed by atoms with Gasteiger partial charge in [0.1, 0.15) is 11.6 Å². The number of ether oxygens (including phenoxy) is 1. The van der Waals surface area contributed by atoms with Crippen molar-refractivity contribution < 1.29 is 18.3 Å². The van der Waals surface area contributed by atoms with E-state index in [1.165, 1.54) is 35.0 Å². The van der Waals surface area contributed by atoms with E-state index >= 15 is 0 Å². The summed E-state index contributed by atoms with van der Waals surface area (Å²) in [6.07, 6.45) is 0. The largest absolute Gasteiger partial charge is 0.379 e. The van der Waals surface area contributed by atoms with Crippen LogP contribution in [-0.4, -0.2) is 58.6 Å². The van der Waals surface area contributed by atoms with Crippen molar-refractivity contribution in [3.8, 4) is 5.69 Å². The topological polar surface area (TPSA) is 72.3 Å². The van der Waals surface area contributed by atoms with Crippen LogP contribution >= 0.6 is 11.6 Å².